The molecule has 1 unspecified atom stereocenters. The van der Waals surface area contributed by atoms with Crippen LogP contribution < -0.4 is 16.4 Å². The van der Waals surface area contributed by atoms with Gasteiger partial charge in [0.1, 0.15) is 0 Å². The van der Waals surface area contributed by atoms with Crippen LogP contribution in [0.2, 0.25) is 0 Å². The number of alkyl halides is 5. The zero-order valence-electron chi connectivity index (χ0n) is 5.88. The van der Waals surface area contributed by atoms with Crippen molar-refractivity contribution in [3.63, 3.8) is 0 Å². The number of hydrogen-bond acceptors (Lipinski definition) is 2. The topological polar surface area (TPSA) is 67.1 Å². The summed E-state index contributed by atoms with van der Waals surface area (Å²) in [6, 6.07) is -0.764. The minimum atomic E-state index is -1.97. The molecule has 0 aromatic rings. The molecule has 1 aliphatic rings. The van der Waals surface area contributed by atoms with Crippen molar-refractivity contribution in [1.82, 2.24) is 10.6 Å². The summed E-state index contributed by atoms with van der Waals surface area (Å²) in [5.74, 6) is 0. The predicted molar refractivity (Wildman–Crippen MR) is 53.3 cm³/mol. The molecule has 0 spiro atoms. The van der Waals surface area contributed by atoms with E-state index >= 15 is 0 Å². The number of hydrogen-bond donors (Lipinski definition) is 3. The van der Waals surface area contributed by atoms with E-state index < -0.39 is 19.9 Å². The zero-order valence-corrected chi connectivity index (χ0v) is 9.66. The summed E-state index contributed by atoms with van der Waals surface area (Å²) < 4.78 is -3.94. The van der Waals surface area contributed by atoms with Gasteiger partial charge >= 0.3 is 6.03 Å². The van der Waals surface area contributed by atoms with E-state index in [1.54, 1.807) is 0 Å². The Labute approximate surface area is 98.9 Å². The van der Waals surface area contributed by atoms with Gasteiger partial charge in [-0.15, -0.1) is 0 Å². The zero-order chi connectivity index (χ0) is 10.5. The highest BCUT2D eigenvalue weighted by Crippen LogP contribution is 2.49. The third-order valence-electron chi connectivity index (χ3n) is 1.42. The summed E-state index contributed by atoms with van der Waals surface area (Å²) in [4.78, 5) is 10.9. The molecule has 1 heterocycles. The van der Waals surface area contributed by atoms with Crippen molar-refractivity contribution >= 4 is 64.0 Å². The summed E-state index contributed by atoms with van der Waals surface area (Å²) >= 11 is 28.2. The largest absolute Gasteiger partial charge is 0.319 e. The Morgan fingerprint density at radius 1 is 1.08 bits per heavy atom. The summed E-state index contributed by atoms with van der Waals surface area (Å²) in [5.41, 5.74) is 5.38. The van der Waals surface area contributed by atoms with Crippen LogP contribution in [0.25, 0.3) is 0 Å². The van der Waals surface area contributed by atoms with Crippen LogP contribution in [0.5, 0.6) is 0 Å². The first-order chi connectivity index (χ1) is 5.60. The third kappa shape index (κ3) is 1.76. The van der Waals surface area contributed by atoms with Crippen LogP contribution in [0.4, 0.5) is 4.79 Å². The maximum Gasteiger partial charge on any atom is 0.319 e. The Balaban J connectivity index is 3.10. The van der Waals surface area contributed by atoms with Gasteiger partial charge in [-0.1, -0.05) is 58.0 Å². The van der Waals surface area contributed by atoms with Crippen molar-refractivity contribution in [2.45, 2.75) is 13.9 Å². The molecule has 1 aliphatic heterocycles. The number of carbonyl (C=O) groups is 1. The van der Waals surface area contributed by atoms with Crippen molar-refractivity contribution in [2.75, 3.05) is 0 Å². The molecular weight excluding hydrogens is 283 g/mol. The third-order valence-corrected chi connectivity index (χ3v) is 4.29. The Morgan fingerprint density at radius 2 is 1.54 bits per heavy atom. The molecule has 76 valence electrons. The molecule has 2 amide bonds. The van der Waals surface area contributed by atoms with Crippen LogP contribution in [0, 0.1) is 0 Å². The Kier molecular flexibility index (Phi) is 2.79. The van der Waals surface area contributed by atoms with E-state index in [9.17, 15) is 4.79 Å². The van der Waals surface area contributed by atoms with Crippen LogP contribution in [-0.4, -0.2) is 19.9 Å². The van der Waals surface area contributed by atoms with Crippen molar-refractivity contribution in [1.29, 1.82) is 0 Å². The highest BCUT2D eigenvalue weighted by Gasteiger charge is 2.64. The molecule has 9 heteroatoms. The molecule has 0 aromatic carbocycles. The lowest BCUT2D eigenvalue weighted by molar-refractivity contribution is 0.214. The fourth-order valence-corrected chi connectivity index (χ4v) is 1.71. The molecule has 4 N–H and O–H groups in total. The number of carbonyl (C=O) groups excluding carboxylic acids is 1. The maximum absolute atomic E-state index is 10.9. The minimum Gasteiger partial charge on any atom is -0.304 e. The second-order valence-corrected chi connectivity index (χ2v) is 5.69. The molecule has 1 saturated heterocycles. The Bertz CT molecular complexity index is 230. The van der Waals surface area contributed by atoms with Gasteiger partial charge in [0.05, 0.1) is 0 Å². The van der Waals surface area contributed by atoms with Crippen molar-refractivity contribution in [3.05, 3.63) is 0 Å². The van der Waals surface area contributed by atoms with E-state index in [2.05, 4.69) is 10.6 Å². The molecular formula is C4H4Cl5N3O. The molecule has 4 nitrogen and oxygen atoms in total. The normalized spacial score (nSPS) is 36.3. The van der Waals surface area contributed by atoms with Crippen LogP contribution in [0.3, 0.4) is 0 Å². The first kappa shape index (κ1) is 11.8. The van der Waals surface area contributed by atoms with Crippen LogP contribution in [-0.2, 0) is 0 Å². The van der Waals surface area contributed by atoms with Crippen molar-refractivity contribution in [2.24, 2.45) is 5.73 Å². The SMILES string of the molecule is NC1(Cl)NC(=O)NC(Cl)(Cl)C1(Cl)Cl. The standard InChI is InChI=1S/C4H4Cl5N3O/c5-2(6)3(7,8)11-1(13)12-4(2,9)10/h10H2,(H2,11,12,13). The molecule has 1 rings (SSSR count). The van der Waals surface area contributed by atoms with E-state index in [4.69, 9.17) is 63.7 Å². The van der Waals surface area contributed by atoms with Gasteiger partial charge in [0.15, 0.2) is 0 Å². The monoisotopic (exact) mass is 285 g/mol. The average molecular weight is 287 g/mol. The average Bonchev–Trinajstić information content (AvgIpc) is 1.80. The second-order valence-electron chi connectivity index (χ2n) is 2.44. The molecule has 0 saturated carbocycles. The number of urea groups is 1. The van der Waals surface area contributed by atoms with E-state index in [1.807, 2.05) is 0 Å². The first-order valence-corrected chi connectivity index (χ1v) is 4.83. The van der Waals surface area contributed by atoms with Gasteiger partial charge in [0.25, 0.3) is 0 Å². The quantitative estimate of drug-likeness (QED) is 0.466. The number of rotatable bonds is 0. The smallest absolute Gasteiger partial charge is 0.304 e. The molecule has 0 bridgehead atoms. The number of amides is 2. The van der Waals surface area contributed by atoms with E-state index in [0.717, 1.165) is 0 Å². The van der Waals surface area contributed by atoms with Crippen LogP contribution in [0.15, 0.2) is 0 Å². The lowest BCUT2D eigenvalue weighted by Crippen LogP contribution is -2.77. The van der Waals surface area contributed by atoms with E-state index in [0.29, 0.717) is 0 Å². The number of nitrogens with two attached hydrogens (primary N) is 1. The molecule has 13 heavy (non-hydrogen) atoms. The highest BCUT2D eigenvalue weighted by molar-refractivity contribution is 6.65. The van der Waals surface area contributed by atoms with Gasteiger partial charge in [-0.05, 0) is 0 Å². The number of nitrogens with one attached hydrogen (secondary N) is 2. The second kappa shape index (κ2) is 3.08. The van der Waals surface area contributed by atoms with Crippen LogP contribution >= 0.6 is 58.0 Å². The Hall–Kier alpha value is 0.680. The highest BCUT2D eigenvalue weighted by atomic mass is 35.5. The number of halogens is 5. The fraction of sp³-hybridized carbons (Fsp3) is 0.750. The minimum absolute atomic E-state index is 0.764. The Morgan fingerprint density at radius 3 is 1.92 bits per heavy atom. The summed E-state index contributed by atoms with van der Waals surface area (Å²) in [6.45, 7) is 0. The fourth-order valence-electron chi connectivity index (χ4n) is 0.725. The van der Waals surface area contributed by atoms with Gasteiger partial charge in [0.2, 0.25) is 13.9 Å². The molecule has 1 atom stereocenters. The van der Waals surface area contributed by atoms with Crippen molar-refractivity contribution < 1.29 is 4.79 Å². The summed E-state index contributed by atoms with van der Waals surface area (Å²) in [6.07, 6.45) is 0. The molecule has 0 radical (unpaired) electrons. The van der Waals surface area contributed by atoms with Gasteiger partial charge in [-0.2, -0.15) is 0 Å². The lowest BCUT2D eigenvalue weighted by Gasteiger charge is -2.46. The molecule has 0 aromatic heterocycles. The van der Waals surface area contributed by atoms with Gasteiger partial charge < -0.3 is 10.6 Å². The first-order valence-electron chi connectivity index (χ1n) is 2.94. The summed E-state index contributed by atoms with van der Waals surface area (Å²) in [7, 11) is 0. The van der Waals surface area contributed by atoms with Crippen molar-refractivity contribution in [3.8, 4) is 0 Å². The van der Waals surface area contributed by atoms with Gasteiger partial charge in [-0.25, -0.2) is 4.79 Å². The lowest BCUT2D eigenvalue weighted by atomic mass is 10.2. The van der Waals surface area contributed by atoms with Crippen LogP contribution in [0.1, 0.15) is 0 Å². The van der Waals surface area contributed by atoms with E-state index in [-0.39, 0.29) is 0 Å². The summed E-state index contributed by atoms with van der Waals surface area (Å²) in [5, 5.41) is 2.17. The van der Waals surface area contributed by atoms with Gasteiger partial charge in [-0.3, -0.25) is 5.73 Å². The molecule has 1 fully saturated rings. The van der Waals surface area contributed by atoms with E-state index in [1.165, 1.54) is 0 Å². The van der Waals surface area contributed by atoms with Gasteiger partial charge in [0, 0.05) is 0 Å². The maximum atomic E-state index is 10.9. The predicted octanol–water partition coefficient (Wildman–Crippen LogP) is 1.46. The molecule has 0 aliphatic carbocycles.